The van der Waals surface area contributed by atoms with Crippen molar-refractivity contribution in [3.8, 4) is 11.3 Å². The predicted octanol–water partition coefficient (Wildman–Crippen LogP) is 3.12. The van der Waals surface area contributed by atoms with E-state index in [4.69, 9.17) is 16.0 Å². The summed E-state index contributed by atoms with van der Waals surface area (Å²) >= 11 is 0. The van der Waals surface area contributed by atoms with Crippen molar-refractivity contribution in [3.05, 3.63) is 41.9 Å². The van der Waals surface area contributed by atoms with Crippen LogP contribution in [0.25, 0.3) is 27.0 Å². The lowest BCUT2D eigenvalue weighted by molar-refractivity contribution is -0.0964. The molecular weight excluding hydrogens is 430 g/mol. The third-order valence-corrected chi connectivity index (χ3v) is 7.32. The summed E-state index contributed by atoms with van der Waals surface area (Å²) in [6.45, 7) is 13.0. The second-order valence-electron chi connectivity index (χ2n) is 9.77. The Morgan fingerprint density at radius 2 is 2.00 bits per heavy atom. The SMILES string of the molecule is [C-]#[N+]c1cc(-c2ccc3nn(C)cc3c2)nnc1NC1C[C@@H]2CN(C[C@H]3COCCO3)C[C@@H]2C1. The van der Waals surface area contributed by atoms with Crippen LogP contribution in [0.4, 0.5) is 11.5 Å². The molecule has 3 fully saturated rings. The molecular formula is C25H29N7O2. The maximum Gasteiger partial charge on any atom is 0.232 e. The van der Waals surface area contributed by atoms with Crippen LogP contribution in [-0.2, 0) is 16.5 Å². The van der Waals surface area contributed by atoms with Crippen LogP contribution in [0.3, 0.4) is 0 Å². The molecule has 34 heavy (non-hydrogen) atoms. The Morgan fingerprint density at radius 1 is 1.15 bits per heavy atom. The molecule has 1 N–H and O–H groups in total. The number of nitrogens with one attached hydrogen (secondary N) is 1. The third-order valence-electron chi connectivity index (χ3n) is 7.32. The van der Waals surface area contributed by atoms with Gasteiger partial charge in [-0.3, -0.25) is 4.68 Å². The second-order valence-corrected chi connectivity index (χ2v) is 9.77. The van der Waals surface area contributed by atoms with Crippen LogP contribution in [0.15, 0.2) is 30.5 Å². The van der Waals surface area contributed by atoms with Crippen molar-refractivity contribution in [1.82, 2.24) is 24.9 Å². The van der Waals surface area contributed by atoms with Gasteiger partial charge in [0.15, 0.2) is 5.82 Å². The molecule has 1 aliphatic carbocycles. The molecule has 3 aliphatic rings. The van der Waals surface area contributed by atoms with Crippen LogP contribution in [0.2, 0.25) is 0 Å². The highest BCUT2D eigenvalue weighted by Gasteiger charge is 2.41. The van der Waals surface area contributed by atoms with E-state index in [-0.39, 0.29) is 6.10 Å². The van der Waals surface area contributed by atoms with Gasteiger partial charge in [-0.25, -0.2) is 4.85 Å². The maximum absolute atomic E-state index is 7.70. The number of likely N-dealkylation sites (tertiary alicyclic amines) is 1. The summed E-state index contributed by atoms with van der Waals surface area (Å²) in [4.78, 5) is 6.28. The van der Waals surface area contributed by atoms with Gasteiger partial charge in [-0.2, -0.15) is 10.2 Å². The van der Waals surface area contributed by atoms with Crippen molar-refractivity contribution in [1.29, 1.82) is 0 Å². The zero-order chi connectivity index (χ0) is 23.1. The van der Waals surface area contributed by atoms with Crippen molar-refractivity contribution in [2.75, 3.05) is 44.8 Å². The first-order valence-corrected chi connectivity index (χ1v) is 12.0. The van der Waals surface area contributed by atoms with E-state index in [0.29, 0.717) is 54.9 Å². The molecule has 6 rings (SSSR count). The van der Waals surface area contributed by atoms with E-state index in [1.54, 1.807) is 4.68 Å². The average Bonchev–Trinajstić information content (AvgIpc) is 3.51. The first-order valence-electron chi connectivity index (χ1n) is 12.0. The maximum atomic E-state index is 7.70. The van der Waals surface area contributed by atoms with Gasteiger partial charge in [0, 0.05) is 49.9 Å². The molecule has 2 aliphatic heterocycles. The molecule has 3 aromatic rings. The van der Waals surface area contributed by atoms with Gasteiger partial charge < -0.3 is 19.7 Å². The Bertz CT molecular complexity index is 1220. The lowest BCUT2D eigenvalue weighted by Crippen LogP contribution is -2.39. The summed E-state index contributed by atoms with van der Waals surface area (Å²) in [5.74, 6) is 1.95. The first kappa shape index (κ1) is 21.5. The molecule has 0 spiro atoms. The summed E-state index contributed by atoms with van der Waals surface area (Å²) in [5.41, 5.74) is 3.10. The van der Waals surface area contributed by atoms with Gasteiger partial charge in [-0.15, -0.1) is 5.10 Å². The highest BCUT2D eigenvalue weighted by molar-refractivity contribution is 5.84. The fraction of sp³-hybridized carbons (Fsp3) is 0.520. The zero-order valence-corrected chi connectivity index (χ0v) is 19.4. The number of hydrogen-bond donors (Lipinski definition) is 1. The van der Waals surface area contributed by atoms with Crippen LogP contribution >= 0.6 is 0 Å². The minimum Gasteiger partial charge on any atom is -0.376 e. The Morgan fingerprint density at radius 3 is 2.76 bits per heavy atom. The summed E-state index contributed by atoms with van der Waals surface area (Å²) in [6.07, 6.45) is 4.38. The first-order chi connectivity index (χ1) is 16.6. The average molecular weight is 460 g/mol. The topological polar surface area (TPSA) is 81.7 Å². The van der Waals surface area contributed by atoms with E-state index in [1.165, 1.54) is 0 Å². The number of benzene rings is 1. The molecule has 2 saturated heterocycles. The number of ether oxygens (including phenoxy) is 2. The molecule has 0 radical (unpaired) electrons. The fourth-order valence-corrected chi connectivity index (χ4v) is 5.81. The van der Waals surface area contributed by atoms with Crippen LogP contribution in [0.5, 0.6) is 0 Å². The lowest BCUT2D eigenvalue weighted by Gasteiger charge is -2.28. The van der Waals surface area contributed by atoms with Crippen LogP contribution in [0, 0.1) is 18.4 Å². The Labute approximate surface area is 198 Å². The highest BCUT2D eigenvalue weighted by atomic mass is 16.6. The number of nitrogens with zero attached hydrogens (tertiary/aromatic N) is 6. The van der Waals surface area contributed by atoms with Gasteiger partial charge in [0.2, 0.25) is 5.69 Å². The molecule has 9 heteroatoms. The van der Waals surface area contributed by atoms with Crippen LogP contribution in [0.1, 0.15) is 12.8 Å². The Kier molecular flexibility index (Phi) is 5.65. The van der Waals surface area contributed by atoms with E-state index >= 15 is 0 Å². The molecule has 176 valence electrons. The molecule has 1 saturated carbocycles. The molecule has 0 bridgehead atoms. The number of aromatic nitrogens is 4. The molecule has 1 unspecified atom stereocenters. The molecule has 4 heterocycles. The van der Waals surface area contributed by atoms with Crippen LogP contribution in [-0.4, -0.2) is 76.5 Å². The van der Waals surface area contributed by atoms with Crippen molar-refractivity contribution in [2.45, 2.75) is 25.0 Å². The highest BCUT2D eigenvalue weighted by Crippen LogP contribution is 2.40. The van der Waals surface area contributed by atoms with Crippen molar-refractivity contribution in [3.63, 3.8) is 0 Å². The summed E-state index contributed by atoms with van der Waals surface area (Å²) in [7, 11) is 1.91. The molecule has 9 nitrogen and oxygen atoms in total. The molecule has 2 aromatic heterocycles. The van der Waals surface area contributed by atoms with E-state index in [9.17, 15) is 0 Å². The normalized spacial score (nSPS) is 27.1. The van der Waals surface area contributed by atoms with Gasteiger partial charge in [-0.05, 0) is 42.9 Å². The van der Waals surface area contributed by atoms with E-state index in [0.717, 1.165) is 48.9 Å². The molecule has 1 aromatic carbocycles. The van der Waals surface area contributed by atoms with Gasteiger partial charge in [0.1, 0.15) is 0 Å². The van der Waals surface area contributed by atoms with Crippen molar-refractivity contribution < 1.29 is 9.47 Å². The molecule has 4 atom stereocenters. The quantitative estimate of drug-likeness (QED) is 0.587. The molecule has 0 amide bonds. The Hall–Kier alpha value is -3.06. The van der Waals surface area contributed by atoms with E-state index < -0.39 is 0 Å². The summed E-state index contributed by atoms with van der Waals surface area (Å²) in [5, 5.41) is 17.9. The van der Waals surface area contributed by atoms with Crippen LogP contribution < -0.4 is 5.32 Å². The summed E-state index contributed by atoms with van der Waals surface area (Å²) < 4.78 is 13.2. The lowest BCUT2D eigenvalue weighted by atomic mass is 10.0. The smallest absolute Gasteiger partial charge is 0.232 e. The number of fused-ring (bicyclic) bond motifs is 2. The minimum absolute atomic E-state index is 0.204. The monoisotopic (exact) mass is 459 g/mol. The van der Waals surface area contributed by atoms with E-state index in [1.807, 2.05) is 37.5 Å². The second kappa shape index (κ2) is 8.95. The predicted molar refractivity (Wildman–Crippen MR) is 129 cm³/mol. The van der Waals surface area contributed by atoms with Crippen molar-refractivity contribution in [2.24, 2.45) is 18.9 Å². The van der Waals surface area contributed by atoms with Gasteiger partial charge >= 0.3 is 0 Å². The van der Waals surface area contributed by atoms with Gasteiger partial charge in [0.05, 0.1) is 43.7 Å². The van der Waals surface area contributed by atoms with Crippen molar-refractivity contribution >= 4 is 22.4 Å². The summed E-state index contributed by atoms with van der Waals surface area (Å²) in [6, 6.07) is 8.17. The fourth-order valence-electron chi connectivity index (χ4n) is 5.81. The third kappa shape index (κ3) is 4.25. The van der Waals surface area contributed by atoms with E-state index in [2.05, 4.69) is 30.4 Å². The number of anilines is 1. The number of aryl methyl sites for hydroxylation is 1. The van der Waals surface area contributed by atoms with Gasteiger partial charge in [0.25, 0.3) is 0 Å². The number of rotatable bonds is 5. The minimum atomic E-state index is 0.204. The zero-order valence-electron chi connectivity index (χ0n) is 19.4. The Balaban J connectivity index is 1.10. The van der Waals surface area contributed by atoms with Gasteiger partial charge in [-0.1, -0.05) is 6.07 Å². The standard InChI is InChI=1S/C25H29N7O2/c1-26-24-10-23(16-3-4-22-19(7-16)11-31(2)30-22)28-29-25(24)27-20-8-17-12-32(13-18(17)9-20)14-21-15-33-5-6-34-21/h3-4,7,10-11,17-18,20-21H,5-6,8-9,12-15H2,2H3,(H,27,29)/t17-,18+,20?,21-/m0/s1. The largest absolute Gasteiger partial charge is 0.376 e. The number of hydrogen-bond acceptors (Lipinski definition) is 7.